The Hall–Kier alpha value is -0.870. The molecule has 0 spiro atoms. The van der Waals surface area contributed by atoms with Crippen molar-refractivity contribution in [1.82, 2.24) is 10.2 Å². The lowest BCUT2D eigenvalue weighted by Crippen LogP contribution is -2.32. The van der Waals surface area contributed by atoms with E-state index in [-0.39, 0.29) is 12.1 Å². The second kappa shape index (κ2) is 6.27. The van der Waals surface area contributed by atoms with Crippen molar-refractivity contribution in [3.05, 3.63) is 22.4 Å². The van der Waals surface area contributed by atoms with Crippen LogP contribution in [0.3, 0.4) is 0 Å². The normalized spacial score (nSPS) is 30.9. The Kier molecular flexibility index (Phi) is 4.41. The maximum atomic E-state index is 12.1. The van der Waals surface area contributed by atoms with Crippen LogP contribution in [0.5, 0.6) is 0 Å². The lowest BCUT2D eigenvalue weighted by Gasteiger charge is -2.29. The van der Waals surface area contributed by atoms with Gasteiger partial charge in [0.05, 0.1) is 6.54 Å². The topological polar surface area (TPSA) is 32.3 Å². The fraction of sp³-hybridized carbons (Fsp3) is 0.688. The molecule has 1 amide bonds. The molecule has 1 saturated heterocycles. The molecule has 2 heterocycles. The van der Waals surface area contributed by atoms with Gasteiger partial charge in [0, 0.05) is 6.54 Å². The molecule has 0 radical (unpaired) electrons. The molecule has 110 valence electrons. The molecular formula is C16H24N2OS. The highest BCUT2D eigenvalue weighted by Gasteiger charge is 2.32. The van der Waals surface area contributed by atoms with Crippen molar-refractivity contribution < 1.29 is 4.79 Å². The van der Waals surface area contributed by atoms with Gasteiger partial charge in [-0.3, -0.25) is 10.1 Å². The van der Waals surface area contributed by atoms with Crippen LogP contribution in [-0.4, -0.2) is 23.9 Å². The van der Waals surface area contributed by atoms with Crippen LogP contribution in [0.15, 0.2) is 16.8 Å². The Morgan fingerprint density at radius 2 is 2.15 bits per heavy atom. The SMILES string of the molecule is CC1CCC(CCN2C(=O)CNC2c2ccsc2)CC1. The van der Waals surface area contributed by atoms with E-state index in [0.717, 1.165) is 18.4 Å². The van der Waals surface area contributed by atoms with Crippen molar-refractivity contribution in [1.29, 1.82) is 0 Å². The molecule has 1 aliphatic heterocycles. The number of nitrogens with one attached hydrogen (secondary N) is 1. The summed E-state index contributed by atoms with van der Waals surface area (Å²) in [6.45, 7) is 3.75. The number of rotatable bonds is 4. The van der Waals surface area contributed by atoms with Crippen molar-refractivity contribution >= 4 is 17.2 Å². The standard InChI is InChI=1S/C16H24N2OS/c1-12-2-4-13(5-3-12)6-8-18-15(19)10-17-16(18)14-7-9-20-11-14/h7,9,11-13,16-17H,2-6,8,10H2,1H3. The van der Waals surface area contributed by atoms with Crippen LogP contribution in [0.25, 0.3) is 0 Å². The number of carbonyl (C=O) groups excluding carboxylic acids is 1. The van der Waals surface area contributed by atoms with Gasteiger partial charge in [0.25, 0.3) is 0 Å². The van der Waals surface area contributed by atoms with Crippen LogP contribution >= 0.6 is 11.3 Å². The molecule has 1 saturated carbocycles. The first-order chi connectivity index (χ1) is 9.74. The third kappa shape index (κ3) is 3.07. The van der Waals surface area contributed by atoms with Crippen LogP contribution in [0.2, 0.25) is 0 Å². The third-order valence-electron chi connectivity index (χ3n) is 4.85. The highest BCUT2D eigenvalue weighted by molar-refractivity contribution is 7.07. The van der Waals surface area contributed by atoms with E-state index < -0.39 is 0 Å². The maximum absolute atomic E-state index is 12.1. The summed E-state index contributed by atoms with van der Waals surface area (Å²) >= 11 is 1.70. The van der Waals surface area contributed by atoms with Crippen molar-refractivity contribution in [3.8, 4) is 0 Å². The molecule has 1 aliphatic carbocycles. The van der Waals surface area contributed by atoms with Gasteiger partial charge in [0.1, 0.15) is 6.17 Å². The van der Waals surface area contributed by atoms with Gasteiger partial charge in [0.15, 0.2) is 0 Å². The van der Waals surface area contributed by atoms with Gasteiger partial charge in [-0.2, -0.15) is 11.3 Å². The zero-order valence-corrected chi connectivity index (χ0v) is 13.0. The Labute approximate surface area is 125 Å². The summed E-state index contributed by atoms with van der Waals surface area (Å²) in [6, 6.07) is 2.12. The maximum Gasteiger partial charge on any atom is 0.238 e. The Morgan fingerprint density at radius 3 is 2.85 bits per heavy atom. The highest BCUT2D eigenvalue weighted by atomic mass is 32.1. The van der Waals surface area contributed by atoms with Gasteiger partial charge in [-0.05, 0) is 40.6 Å². The van der Waals surface area contributed by atoms with Crippen molar-refractivity contribution in [2.24, 2.45) is 11.8 Å². The summed E-state index contributed by atoms with van der Waals surface area (Å²) in [6.07, 6.45) is 6.70. The van der Waals surface area contributed by atoms with Crippen molar-refractivity contribution in [2.45, 2.75) is 45.2 Å². The molecule has 1 unspecified atom stereocenters. The van der Waals surface area contributed by atoms with Gasteiger partial charge in [-0.15, -0.1) is 0 Å². The zero-order chi connectivity index (χ0) is 13.9. The average Bonchev–Trinajstić information content (AvgIpc) is 3.08. The smallest absolute Gasteiger partial charge is 0.238 e. The first-order valence-electron chi connectivity index (χ1n) is 7.79. The van der Waals surface area contributed by atoms with Crippen molar-refractivity contribution in [2.75, 3.05) is 13.1 Å². The van der Waals surface area contributed by atoms with Crippen LogP contribution in [0.4, 0.5) is 0 Å². The summed E-state index contributed by atoms with van der Waals surface area (Å²) in [7, 11) is 0. The summed E-state index contributed by atoms with van der Waals surface area (Å²) in [4.78, 5) is 14.1. The minimum absolute atomic E-state index is 0.108. The molecule has 1 N–H and O–H groups in total. The third-order valence-corrected chi connectivity index (χ3v) is 5.55. The molecule has 3 rings (SSSR count). The molecule has 0 aromatic carbocycles. The highest BCUT2D eigenvalue weighted by Crippen LogP contribution is 2.32. The fourth-order valence-corrected chi connectivity index (χ4v) is 4.14. The molecule has 1 atom stereocenters. The second-order valence-electron chi connectivity index (χ2n) is 6.34. The van der Waals surface area contributed by atoms with Gasteiger partial charge >= 0.3 is 0 Å². The minimum atomic E-state index is 0.108. The fourth-order valence-electron chi connectivity index (χ4n) is 3.46. The van der Waals surface area contributed by atoms with Crippen LogP contribution < -0.4 is 5.32 Å². The molecule has 1 aromatic rings. The number of hydrogen-bond donors (Lipinski definition) is 1. The largest absolute Gasteiger partial charge is 0.322 e. The van der Waals surface area contributed by atoms with E-state index in [1.54, 1.807) is 11.3 Å². The van der Waals surface area contributed by atoms with Gasteiger partial charge < -0.3 is 4.90 Å². The number of thiophene rings is 1. The predicted octanol–water partition coefficient (Wildman–Crippen LogP) is 3.39. The number of nitrogens with zero attached hydrogens (tertiary/aromatic N) is 1. The molecule has 3 nitrogen and oxygen atoms in total. The molecule has 0 bridgehead atoms. The first-order valence-corrected chi connectivity index (χ1v) is 8.73. The van der Waals surface area contributed by atoms with E-state index in [2.05, 4.69) is 29.1 Å². The Balaban J connectivity index is 1.56. The monoisotopic (exact) mass is 292 g/mol. The average molecular weight is 292 g/mol. The molecule has 20 heavy (non-hydrogen) atoms. The van der Waals surface area contributed by atoms with Crippen LogP contribution in [-0.2, 0) is 4.79 Å². The molecular weight excluding hydrogens is 268 g/mol. The molecule has 1 aromatic heterocycles. The number of amides is 1. The Morgan fingerprint density at radius 1 is 1.35 bits per heavy atom. The van der Waals surface area contributed by atoms with Crippen LogP contribution in [0, 0.1) is 11.8 Å². The van der Waals surface area contributed by atoms with E-state index in [4.69, 9.17) is 0 Å². The number of hydrogen-bond acceptors (Lipinski definition) is 3. The van der Waals surface area contributed by atoms with Gasteiger partial charge in [-0.25, -0.2) is 0 Å². The molecule has 2 fully saturated rings. The lowest BCUT2D eigenvalue weighted by atomic mass is 9.81. The molecule has 4 heteroatoms. The quantitative estimate of drug-likeness (QED) is 0.922. The van der Waals surface area contributed by atoms with Crippen molar-refractivity contribution in [3.63, 3.8) is 0 Å². The van der Waals surface area contributed by atoms with E-state index in [0.29, 0.717) is 6.54 Å². The van der Waals surface area contributed by atoms with Crippen LogP contribution in [0.1, 0.15) is 50.8 Å². The van der Waals surface area contributed by atoms with E-state index in [9.17, 15) is 4.79 Å². The predicted molar refractivity (Wildman–Crippen MR) is 82.5 cm³/mol. The van der Waals surface area contributed by atoms with E-state index in [1.165, 1.54) is 37.7 Å². The summed E-state index contributed by atoms with van der Waals surface area (Å²) in [5.41, 5.74) is 1.23. The Bertz CT molecular complexity index is 437. The number of carbonyl (C=O) groups is 1. The summed E-state index contributed by atoms with van der Waals surface area (Å²) in [5.74, 6) is 1.98. The zero-order valence-electron chi connectivity index (χ0n) is 12.2. The minimum Gasteiger partial charge on any atom is -0.322 e. The second-order valence-corrected chi connectivity index (χ2v) is 7.12. The molecule has 2 aliphatic rings. The summed E-state index contributed by atoms with van der Waals surface area (Å²) < 4.78 is 0. The van der Waals surface area contributed by atoms with E-state index >= 15 is 0 Å². The summed E-state index contributed by atoms with van der Waals surface area (Å²) in [5, 5.41) is 7.56. The van der Waals surface area contributed by atoms with Gasteiger partial charge in [0.2, 0.25) is 5.91 Å². The lowest BCUT2D eigenvalue weighted by molar-refractivity contribution is -0.128. The van der Waals surface area contributed by atoms with Gasteiger partial charge in [-0.1, -0.05) is 32.6 Å². The first kappa shape index (κ1) is 14.1. The van der Waals surface area contributed by atoms with E-state index in [1.807, 2.05) is 4.90 Å².